The molecule has 0 saturated carbocycles. The molecular formula is C40H46Cl6Gd2N6O5. The molecule has 4 heterocycles. The van der Waals surface area contributed by atoms with Crippen molar-refractivity contribution in [2.45, 2.75) is 27.7 Å². The van der Waals surface area contributed by atoms with E-state index in [9.17, 15) is 0 Å². The first-order chi connectivity index (χ1) is 25.0. The zero-order chi connectivity index (χ0) is 35.7. The number of hydrogen-bond acceptors (Lipinski definition) is 11. The molecule has 2 aliphatic heterocycles. The molecule has 0 N–H and O–H groups in total. The molecule has 0 aliphatic carbocycles. The van der Waals surface area contributed by atoms with Gasteiger partial charge in [-0.3, -0.25) is 9.98 Å². The van der Waals surface area contributed by atoms with E-state index in [0.29, 0.717) is 77.4 Å². The molecule has 2 aromatic carbocycles. The molecule has 0 unspecified atom stereocenters. The molecule has 0 fully saturated rings. The van der Waals surface area contributed by atoms with E-state index in [4.69, 9.17) is 38.7 Å². The molecule has 59 heavy (non-hydrogen) atoms. The first-order valence-corrected chi connectivity index (χ1v) is 17.2. The molecule has 324 valence electrons. The van der Waals surface area contributed by atoms with Gasteiger partial charge in [-0.25, -0.2) is 20.0 Å². The second-order valence-electron chi connectivity index (χ2n) is 11.6. The normalized spacial score (nSPS) is 14.2. The van der Waals surface area contributed by atoms with Gasteiger partial charge < -0.3 is 98.1 Å². The van der Waals surface area contributed by atoms with Gasteiger partial charge in [0.1, 0.15) is 36.1 Å². The molecule has 4 bridgehead atoms. The Labute approximate surface area is 449 Å². The molecule has 2 aliphatic rings. The van der Waals surface area contributed by atoms with Crippen LogP contribution in [0.5, 0.6) is 11.5 Å². The smallest absolute Gasteiger partial charge is 1.00 e. The standard InChI is InChI=1S/C25H25N3O3.C15H21N3O2.6ClH.2Gd/c1-18-20-10-7-11-21(28-20)19(2)27-23-9-4-6-13-25(23)31-17-15-29-14-16-30-24-12-5-3-8-22(24)26-18;1-12-14-4-3-5-15(18-14)13(2)17-7-9-20-11-10-19-8-6-16-12;;;;;;;;/h3-13H,14-17H2,1-2H3;3-5H,6-11H2,1-2H3;6*1H;;/q;;;;;;;;2*+3/p-6. The van der Waals surface area contributed by atoms with E-state index in [-0.39, 0.29) is 154 Å². The Kier molecular flexibility index (Phi) is 40.4. The summed E-state index contributed by atoms with van der Waals surface area (Å²) in [5.41, 5.74) is 8.33. The number of aromatic nitrogens is 2. The molecule has 4 aromatic rings. The number of benzene rings is 2. The number of pyridine rings is 2. The fourth-order valence-corrected chi connectivity index (χ4v) is 5.06. The van der Waals surface area contributed by atoms with Crippen molar-refractivity contribution in [3.05, 3.63) is 108 Å². The number of para-hydroxylation sites is 4. The van der Waals surface area contributed by atoms with Crippen LogP contribution in [-0.4, -0.2) is 98.8 Å². The summed E-state index contributed by atoms with van der Waals surface area (Å²) in [6.45, 7) is 13.3. The number of aliphatic imine (C=N–C) groups is 4. The number of fused-ring (bicyclic) bond motifs is 6. The zero-order valence-corrected chi connectivity index (χ0v) is 41.9. The van der Waals surface area contributed by atoms with Crippen LogP contribution in [-0.2, 0) is 14.2 Å². The van der Waals surface area contributed by atoms with Crippen LogP contribution in [0.1, 0.15) is 50.5 Å². The molecule has 19 heteroatoms. The van der Waals surface area contributed by atoms with Crippen LogP contribution >= 0.6 is 0 Å². The van der Waals surface area contributed by atoms with E-state index in [2.05, 4.69) is 15.0 Å². The molecular weight excluding hydrogens is 1170 g/mol. The Balaban J connectivity index is -0.000000482. The van der Waals surface area contributed by atoms with Crippen LogP contribution in [0.3, 0.4) is 0 Å². The first kappa shape index (κ1) is 64.9. The summed E-state index contributed by atoms with van der Waals surface area (Å²) in [6.07, 6.45) is 0. The van der Waals surface area contributed by atoms with Crippen molar-refractivity contribution in [1.29, 1.82) is 0 Å². The zero-order valence-electron chi connectivity index (χ0n) is 32.9. The van der Waals surface area contributed by atoms with Gasteiger partial charge in [-0.15, -0.1) is 0 Å². The Bertz CT molecular complexity index is 1770. The molecule has 0 amide bonds. The average Bonchev–Trinajstić information content (AvgIpc) is 3.16. The number of ether oxygens (including phenoxy) is 5. The summed E-state index contributed by atoms with van der Waals surface area (Å²) in [5, 5.41) is 0. The van der Waals surface area contributed by atoms with E-state index in [1.54, 1.807) is 0 Å². The summed E-state index contributed by atoms with van der Waals surface area (Å²) in [6, 6.07) is 27.2. The van der Waals surface area contributed by atoms with Gasteiger partial charge in [0.2, 0.25) is 0 Å². The SMILES string of the molecule is CC1=NCCOCCOCCN=C(C)c2cccc1n2.CC1=Nc2ccccc2OCCOCCOc2ccccc2N=C(C)c2cccc1n2.[Cl-].[Cl-].[Cl-].[Cl-].[Cl-].[Cl-].[Gd+3].[Gd+3]. The van der Waals surface area contributed by atoms with Crippen LogP contribution in [0.25, 0.3) is 0 Å². The number of nitrogens with zero attached hydrogens (tertiary/aromatic N) is 6. The van der Waals surface area contributed by atoms with Crippen LogP contribution in [0.2, 0.25) is 0 Å². The fourth-order valence-electron chi connectivity index (χ4n) is 5.06. The number of hydrogen-bond donors (Lipinski definition) is 0. The first-order valence-electron chi connectivity index (χ1n) is 17.2. The fraction of sp³-hybridized carbons (Fsp3) is 0.350. The van der Waals surface area contributed by atoms with E-state index in [1.165, 1.54) is 0 Å². The molecule has 2 aromatic heterocycles. The Morgan fingerprint density at radius 2 is 0.695 bits per heavy atom. The van der Waals surface area contributed by atoms with Gasteiger partial charge in [0.15, 0.2) is 0 Å². The molecule has 0 saturated heterocycles. The molecule has 0 atom stereocenters. The second kappa shape index (κ2) is 36.7. The molecule has 0 spiro atoms. The Hall–Kier alpha value is -0.711. The second-order valence-corrected chi connectivity index (χ2v) is 11.6. The summed E-state index contributed by atoms with van der Waals surface area (Å²) in [7, 11) is 0. The van der Waals surface area contributed by atoms with Gasteiger partial charge in [0, 0.05) is 0 Å². The molecule has 6 rings (SSSR count). The van der Waals surface area contributed by atoms with E-state index >= 15 is 0 Å². The maximum atomic E-state index is 5.90. The van der Waals surface area contributed by atoms with Crippen LogP contribution < -0.4 is 83.9 Å². The largest absolute Gasteiger partial charge is 3.00 e. The van der Waals surface area contributed by atoms with Crippen molar-refractivity contribution in [2.24, 2.45) is 20.0 Å². The minimum atomic E-state index is 0. The van der Waals surface area contributed by atoms with Crippen LogP contribution in [0.15, 0.2) is 105 Å². The average molecular weight is 1220 g/mol. The summed E-state index contributed by atoms with van der Waals surface area (Å²) >= 11 is 0. The Morgan fingerprint density at radius 3 is 1.08 bits per heavy atom. The van der Waals surface area contributed by atoms with Crippen molar-refractivity contribution >= 4 is 34.2 Å². The minimum Gasteiger partial charge on any atom is -1.00 e. The van der Waals surface area contributed by atoms with Gasteiger partial charge in [-0.1, -0.05) is 36.4 Å². The molecule has 11 nitrogen and oxygen atoms in total. The van der Waals surface area contributed by atoms with Crippen molar-refractivity contribution in [3.63, 3.8) is 0 Å². The van der Waals surface area contributed by atoms with Gasteiger partial charge in [-0.05, 0) is 76.2 Å². The third kappa shape index (κ3) is 22.5. The van der Waals surface area contributed by atoms with Gasteiger partial charge in [-0.2, -0.15) is 0 Å². The topological polar surface area (TPSA) is 121 Å². The van der Waals surface area contributed by atoms with Gasteiger partial charge >= 0.3 is 79.9 Å². The van der Waals surface area contributed by atoms with E-state index in [1.807, 2.05) is 113 Å². The predicted molar refractivity (Wildman–Crippen MR) is 203 cm³/mol. The minimum absolute atomic E-state index is 0. The van der Waals surface area contributed by atoms with Crippen LogP contribution in [0, 0.1) is 79.9 Å². The van der Waals surface area contributed by atoms with Gasteiger partial charge in [0.05, 0.1) is 98.4 Å². The monoisotopic (exact) mass is 1220 g/mol. The van der Waals surface area contributed by atoms with Gasteiger partial charge in [0.25, 0.3) is 0 Å². The summed E-state index contributed by atoms with van der Waals surface area (Å²) in [5.74, 6) is 1.43. The van der Waals surface area contributed by atoms with Crippen molar-refractivity contribution in [1.82, 2.24) is 9.97 Å². The summed E-state index contributed by atoms with van der Waals surface area (Å²) < 4.78 is 28.3. The third-order valence-corrected chi connectivity index (χ3v) is 7.80. The maximum Gasteiger partial charge on any atom is 3.00 e. The van der Waals surface area contributed by atoms with E-state index in [0.717, 1.165) is 57.0 Å². The predicted octanol–water partition coefficient (Wildman–Crippen LogP) is -11.1. The number of rotatable bonds is 0. The third-order valence-electron chi connectivity index (χ3n) is 7.80. The maximum absolute atomic E-state index is 5.90. The summed E-state index contributed by atoms with van der Waals surface area (Å²) in [4.78, 5) is 27.9. The number of halogens is 6. The Morgan fingerprint density at radius 1 is 0.373 bits per heavy atom. The molecule has 2 radical (unpaired) electrons. The van der Waals surface area contributed by atoms with Crippen LogP contribution in [0.4, 0.5) is 11.4 Å². The quantitative estimate of drug-likeness (QED) is 0.172. The van der Waals surface area contributed by atoms with Crippen molar-refractivity contribution in [2.75, 3.05) is 65.9 Å². The van der Waals surface area contributed by atoms with Crippen molar-refractivity contribution < 1.29 is 178 Å². The van der Waals surface area contributed by atoms with E-state index < -0.39 is 0 Å². The van der Waals surface area contributed by atoms with Crippen molar-refractivity contribution in [3.8, 4) is 11.5 Å².